The highest BCUT2D eigenvalue weighted by Crippen LogP contribution is 1.78. The minimum atomic E-state index is -0.0580. The van der Waals surface area contributed by atoms with Gasteiger partial charge in [0.1, 0.15) is 0 Å². The van der Waals surface area contributed by atoms with Crippen LogP contribution >= 0.6 is 24.8 Å². The highest BCUT2D eigenvalue weighted by molar-refractivity contribution is 5.92. The van der Waals surface area contributed by atoms with Crippen molar-refractivity contribution < 1.29 is 0 Å². The predicted octanol–water partition coefficient (Wildman–Crippen LogP) is -0.172. The molecule has 0 heterocycles. The molecule has 12 heavy (non-hydrogen) atoms. The molecule has 0 aliphatic carbocycles. The summed E-state index contributed by atoms with van der Waals surface area (Å²) in [6.45, 7) is 2.65. The van der Waals surface area contributed by atoms with Gasteiger partial charge < -0.3 is 17.2 Å². The van der Waals surface area contributed by atoms with Crippen LogP contribution in [0, 0.1) is 0 Å². The topological polar surface area (TPSA) is 103 Å². The maximum atomic E-state index is 5.26. The fourth-order valence-corrected chi connectivity index (χ4v) is 0.394. The van der Waals surface area contributed by atoms with Gasteiger partial charge in [-0.1, -0.05) is 6.92 Å². The average Bonchev–Trinajstić information content (AvgIpc) is 1.82. The van der Waals surface area contributed by atoms with Gasteiger partial charge in [-0.15, -0.1) is 24.8 Å². The molecule has 0 bridgehead atoms. The molecule has 6 N–H and O–H groups in total. The molecule has 0 unspecified atom stereocenters. The molecule has 0 atom stereocenters. The van der Waals surface area contributed by atoms with Crippen LogP contribution in [0.1, 0.15) is 13.3 Å². The molecule has 0 saturated heterocycles. The highest BCUT2D eigenvalue weighted by Gasteiger charge is 1.85. The van der Waals surface area contributed by atoms with Crippen molar-refractivity contribution >= 4 is 36.7 Å². The van der Waals surface area contributed by atoms with E-state index in [0.29, 0.717) is 6.54 Å². The maximum absolute atomic E-state index is 5.26. The van der Waals surface area contributed by atoms with Crippen molar-refractivity contribution in [3.05, 3.63) is 0 Å². The first-order valence-electron chi connectivity index (χ1n) is 3.06. The van der Waals surface area contributed by atoms with E-state index in [2.05, 4.69) is 9.98 Å². The van der Waals surface area contributed by atoms with Crippen LogP contribution in [-0.4, -0.2) is 18.5 Å². The SMILES string of the molecule is CCCN=C(N)N=C(N)N.Cl.Cl. The Morgan fingerprint density at radius 3 is 2.00 bits per heavy atom. The number of halogens is 2. The average molecular weight is 216 g/mol. The van der Waals surface area contributed by atoms with Crippen LogP contribution in [0.2, 0.25) is 0 Å². The number of rotatable bonds is 2. The Morgan fingerprint density at radius 1 is 1.17 bits per heavy atom. The Bertz CT molecular complexity index is 152. The molecule has 74 valence electrons. The molecule has 0 rings (SSSR count). The lowest BCUT2D eigenvalue weighted by Gasteiger charge is -1.91. The van der Waals surface area contributed by atoms with E-state index in [0.717, 1.165) is 6.42 Å². The van der Waals surface area contributed by atoms with Crippen molar-refractivity contribution in [1.29, 1.82) is 0 Å². The van der Waals surface area contributed by atoms with Crippen LogP contribution < -0.4 is 17.2 Å². The summed E-state index contributed by atoms with van der Waals surface area (Å²) in [7, 11) is 0. The lowest BCUT2D eigenvalue weighted by Crippen LogP contribution is -2.26. The Labute approximate surface area is 84.3 Å². The number of guanidine groups is 2. The first-order valence-corrected chi connectivity index (χ1v) is 3.06. The number of nitrogens with zero attached hydrogens (tertiary/aromatic N) is 2. The van der Waals surface area contributed by atoms with Crippen LogP contribution in [0.4, 0.5) is 0 Å². The van der Waals surface area contributed by atoms with Gasteiger partial charge in [-0.25, -0.2) is 0 Å². The monoisotopic (exact) mass is 215 g/mol. The molecule has 0 spiro atoms. The lowest BCUT2D eigenvalue weighted by molar-refractivity contribution is 0.927. The molecular formula is C5H15Cl2N5. The van der Waals surface area contributed by atoms with Crippen molar-refractivity contribution in [2.75, 3.05) is 6.54 Å². The van der Waals surface area contributed by atoms with E-state index < -0.39 is 0 Å². The fraction of sp³-hybridized carbons (Fsp3) is 0.600. The first-order chi connectivity index (χ1) is 4.66. The van der Waals surface area contributed by atoms with Gasteiger partial charge in [-0.2, -0.15) is 4.99 Å². The summed E-state index contributed by atoms with van der Waals surface area (Å²) in [6, 6.07) is 0. The minimum Gasteiger partial charge on any atom is -0.370 e. The van der Waals surface area contributed by atoms with Crippen LogP contribution in [0.15, 0.2) is 9.98 Å². The second-order valence-electron chi connectivity index (χ2n) is 1.78. The van der Waals surface area contributed by atoms with Gasteiger partial charge in [0.2, 0.25) is 5.96 Å². The standard InChI is InChI=1S/C5H13N5.2ClH/c1-2-3-9-5(8)10-4(6)7;;/h2-3H2,1H3,(H6,6,7,8,9,10);2*1H. The number of nitrogens with two attached hydrogens (primary N) is 3. The number of hydrogen-bond donors (Lipinski definition) is 3. The smallest absolute Gasteiger partial charge is 0.218 e. The Kier molecular flexibility index (Phi) is 15.0. The number of aliphatic imine (C=N–C) groups is 2. The third-order valence-corrected chi connectivity index (χ3v) is 0.741. The quantitative estimate of drug-likeness (QED) is 0.441. The third kappa shape index (κ3) is 12.0. The van der Waals surface area contributed by atoms with Crippen molar-refractivity contribution in [3.63, 3.8) is 0 Å². The van der Waals surface area contributed by atoms with Gasteiger partial charge in [0.25, 0.3) is 0 Å². The van der Waals surface area contributed by atoms with Crippen molar-refractivity contribution in [3.8, 4) is 0 Å². The van der Waals surface area contributed by atoms with E-state index in [1.54, 1.807) is 0 Å². The van der Waals surface area contributed by atoms with Gasteiger partial charge in [0.05, 0.1) is 0 Å². The minimum absolute atomic E-state index is 0. The fourth-order valence-electron chi connectivity index (χ4n) is 0.394. The number of hydrogen-bond acceptors (Lipinski definition) is 1. The first kappa shape index (κ1) is 17.4. The van der Waals surface area contributed by atoms with Crippen molar-refractivity contribution in [2.45, 2.75) is 13.3 Å². The third-order valence-electron chi connectivity index (χ3n) is 0.741. The zero-order valence-electron chi connectivity index (χ0n) is 6.86. The van der Waals surface area contributed by atoms with E-state index in [1.165, 1.54) is 0 Å². The van der Waals surface area contributed by atoms with Gasteiger partial charge in [-0.05, 0) is 6.42 Å². The van der Waals surface area contributed by atoms with E-state index >= 15 is 0 Å². The van der Waals surface area contributed by atoms with Gasteiger partial charge in [-0.3, -0.25) is 4.99 Å². The molecule has 0 aromatic rings. The molecule has 0 fully saturated rings. The van der Waals surface area contributed by atoms with E-state index in [9.17, 15) is 0 Å². The molecule has 5 nitrogen and oxygen atoms in total. The Hall–Kier alpha value is -0.680. The predicted molar refractivity (Wildman–Crippen MR) is 57.1 cm³/mol. The van der Waals surface area contributed by atoms with Crippen LogP contribution in [0.3, 0.4) is 0 Å². The second-order valence-corrected chi connectivity index (χ2v) is 1.78. The molecular weight excluding hydrogens is 201 g/mol. The van der Waals surface area contributed by atoms with Crippen molar-refractivity contribution in [2.24, 2.45) is 27.2 Å². The molecule has 0 aromatic carbocycles. The normalized spacial score (nSPS) is 9.25. The summed E-state index contributed by atoms with van der Waals surface area (Å²) in [5.74, 6) is 0.0826. The summed E-state index contributed by atoms with van der Waals surface area (Å²) >= 11 is 0. The maximum Gasteiger partial charge on any atom is 0.218 e. The highest BCUT2D eigenvalue weighted by atomic mass is 35.5. The largest absolute Gasteiger partial charge is 0.370 e. The van der Waals surface area contributed by atoms with Crippen LogP contribution in [0.5, 0.6) is 0 Å². The molecule has 0 aliphatic heterocycles. The summed E-state index contributed by atoms with van der Waals surface area (Å²) in [4.78, 5) is 7.34. The van der Waals surface area contributed by atoms with Gasteiger partial charge in [0, 0.05) is 6.54 Å². The molecule has 0 aromatic heterocycles. The lowest BCUT2D eigenvalue weighted by atomic mass is 10.5. The van der Waals surface area contributed by atoms with E-state index in [4.69, 9.17) is 17.2 Å². The summed E-state index contributed by atoms with van der Waals surface area (Å²) in [5, 5.41) is 0. The second kappa shape index (κ2) is 10.3. The molecule has 0 radical (unpaired) electrons. The van der Waals surface area contributed by atoms with E-state index in [1.807, 2.05) is 6.92 Å². The molecule has 0 aliphatic rings. The summed E-state index contributed by atoms with van der Waals surface area (Å²) in [6.07, 6.45) is 0.931. The van der Waals surface area contributed by atoms with Gasteiger partial charge >= 0.3 is 0 Å². The Morgan fingerprint density at radius 2 is 1.67 bits per heavy atom. The summed E-state index contributed by atoms with van der Waals surface area (Å²) in [5.41, 5.74) is 15.3. The van der Waals surface area contributed by atoms with E-state index in [-0.39, 0.29) is 36.7 Å². The molecule has 7 heteroatoms. The molecule has 0 saturated carbocycles. The van der Waals surface area contributed by atoms with Crippen LogP contribution in [0.25, 0.3) is 0 Å². The zero-order chi connectivity index (χ0) is 7.98. The Balaban J connectivity index is -0.000000405. The zero-order valence-corrected chi connectivity index (χ0v) is 8.49. The van der Waals surface area contributed by atoms with Crippen LogP contribution in [-0.2, 0) is 0 Å². The van der Waals surface area contributed by atoms with Gasteiger partial charge in [0.15, 0.2) is 5.96 Å². The molecule has 0 amide bonds. The summed E-state index contributed by atoms with van der Waals surface area (Å²) < 4.78 is 0. The van der Waals surface area contributed by atoms with Crippen molar-refractivity contribution in [1.82, 2.24) is 0 Å².